The van der Waals surface area contributed by atoms with Crippen molar-refractivity contribution in [1.29, 1.82) is 0 Å². The zero-order valence-electron chi connectivity index (χ0n) is 7.59. The van der Waals surface area contributed by atoms with Crippen molar-refractivity contribution < 1.29 is 19.4 Å². The van der Waals surface area contributed by atoms with E-state index in [1.54, 1.807) is 30.3 Å². The summed E-state index contributed by atoms with van der Waals surface area (Å²) in [4.78, 5) is 0. The third-order valence-corrected chi connectivity index (χ3v) is 1.41. The molecule has 5 heteroatoms. The first kappa shape index (κ1) is 10.6. The number of benzene rings is 1. The van der Waals surface area contributed by atoms with Gasteiger partial charge in [0.2, 0.25) is 0 Å². The van der Waals surface area contributed by atoms with Crippen molar-refractivity contribution in [2.75, 3.05) is 6.61 Å². The fraction of sp³-hybridized carbons (Fsp3) is 0.111. The molecule has 0 spiro atoms. The minimum atomic E-state index is -1.82. The van der Waals surface area contributed by atoms with Gasteiger partial charge in [0.1, 0.15) is 18.1 Å². The quantitative estimate of drug-likeness (QED) is 0.532. The van der Waals surface area contributed by atoms with E-state index in [0.717, 1.165) is 0 Å². The van der Waals surface area contributed by atoms with Crippen LogP contribution in [0.15, 0.2) is 36.9 Å². The summed E-state index contributed by atoms with van der Waals surface area (Å²) in [5, 5.41) is 17.1. The van der Waals surface area contributed by atoms with Crippen molar-refractivity contribution >= 4 is 7.32 Å². The molecule has 0 aliphatic heterocycles. The Kier molecular flexibility index (Phi) is 4.03. The van der Waals surface area contributed by atoms with E-state index < -0.39 is 7.32 Å². The van der Waals surface area contributed by atoms with Gasteiger partial charge in [0.05, 0.1) is 0 Å². The summed E-state index contributed by atoms with van der Waals surface area (Å²) < 4.78 is 9.86. The lowest BCUT2D eigenvalue weighted by atomic mass is 10.2. The molecular formula is C9H11BO4. The molecule has 0 saturated carbocycles. The maximum atomic E-state index is 8.55. The molecule has 0 amide bonds. The van der Waals surface area contributed by atoms with Crippen molar-refractivity contribution in [2.45, 2.75) is 0 Å². The van der Waals surface area contributed by atoms with Crippen LogP contribution in [-0.4, -0.2) is 24.0 Å². The first-order valence-electron chi connectivity index (χ1n) is 4.09. The lowest BCUT2D eigenvalue weighted by Gasteiger charge is -2.07. The molecule has 0 heterocycles. The van der Waals surface area contributed by atoms with Crippen LogP contribution in [0, 0.1) is 0 Å². The van der Waals surface area contributed by atoms with Crippen LogP contribution in [0.2, 0.25) is 0 Å². The van der Waals surface area contributed by atoms with Gasteiger partial charge in [-0.25, -0.2) is 0 Å². The second-order valence-corrected chi connectivity index (χ2v) is 2.52. The van der Waals surface area contributed by atoms with Crippen LogP contribution >= 0.6 is 0 Å². The van der Waals surface area contributed by atoms with Gasteiger partial charge in [-0.1, -0.05) is 18.7 Å². The fourth-order valence-corrected chi connectivity index (χ4v) is 0.914. The Hall–Kier alpha value is -1.46. The SMILES string of the molecule is C=CCOc1cccc(OB(O)O)c1. The highest BCUT2D eigenvalue weighted by Gasteiger charge is 2.10. The smallest absolute Gasteiger partial charge is 0.512 e. The molecule has 0 radical (unpaired) electrons. The molecule has 1 rings (SSSR count). The summed E-state index contributed by atoms with van der Waals surface area (Å²) in [6, 6.07) is 6.58. The summed E-state index contributed by atoms with van der Waals surface area (Å²) in [5.74, 6) is 0.921. The summed E-state index contributed by atoms with van der Waals surface area (Å²) in [6.07, 6.45) is 1.62. The summed E-state index contributed by atoms with van der Waals surface area (Å²) in [6.45, 7) is 3.90. The molecule has 1 aromatic carbocycles. The molecule has 0 fully saturated rings. The van der Waals surface area contributed by atoms with E-state index in [4.69, 9.17) is 14.8 Å². The lowest BCUT2D eigenvalue weighted by Crippen LogP contribution is -2.20. The maximum absolute atomic E-state index is 8.55. The second-order valence-electron chi connectivity index (χ2n) is 2.52. The van der Waals surface area contributed by atoms with Gasteiger partial charge in [0.15, 0.2) is 0 Å². The first-order valence-corrected chi connectivity index (χ1v) is 4.09. The molecule has 1 aromatic rings. The zero-order valence-corrected chi connectivity index (χ0v) is 7.59. The molecule has 2 N–H and O–H groups in total. The number of hydrogen-bond acceptors (Lipinski definition) is 4. The Bertz CT molecular complexity index is 301. The van der Waals surface area contributed by atoms with Crippen molar-refractivity contribution in [3.63, 3.8) is 0 Å². The van der Waals surface area contributed by atoms with E-state index in [-0.39, 0.29) is 0 Å². The standard InChI is InChI=1S/C9H11BO4/c1-2-6-13-8-4-3-5-9(7-8)14-10(11)12/h2-5,7,11-12H,1,6H2. The van der Waals surface area contributed by atoms with Crippen LogP contribution in [0.1, 0.15) is 0 Å². The summed E-state index contributed by atoms with van der Waals surface area (Å²) in [7, 11) is -1.82. The van der Waals surface area contributed by atoms with Crippen LogP contribution < -0.4 is 9.39 Å². The van der Waals surface area contributed by atoms with Gasteiger partial charge in [-0.05, 0) is 12.1 Å². The Morgan fingerprint density at radius 2 is 2.07 bits per heavy atom. The van der Waals surface area contributed by atoms with E-state index in [9.17, 15) is 0 Å². The van der Waals surface area contributed by atoms with E-state index in [0.29, 0.717) is 18.1 Å². The summed E-state index contributed by atoms with van der Waals surface area (Å²) >= 11 is 0. The molecule has 0 unspecified atom stereocenters. The Labute approximate surface area is 82.6 Å². The average molecular weight is 194 g/mol. The highest BCUT2D eigenvalue weighted by Crippen LogP contribution is 2.19. The van der Waals surface area contributed by atoms with Crippen LogP contribution in [0.4, 0.5) is 0 Å². The normalized spacial score (nSPS) is 9.29. The Morgan fingerprint density at radius 3 is 2.71 bits per heavy atom. The predicted octanol–water partition coefficient (Wildman–Crippen LogP) is 0.600. The molecule has 0 aromatic heterocycles. The van der Waals surface area contributed by atoms with E-state index in [1.165, 1.54) is 0 Å². The van der Waals surface area contributed by atoms with E-state index >= 15 is 0 Å². The van der Waals surface area contributed by atoms with Crippen molar-refractivity contribution in [2.24, 2.45) is 0 Å². The van der Waals surface area contributed by atoms with Crippen LogP contribution in [0.3, 0.4) is 0 Å². The molecule has 74 valence electrons. The van der Waals surface area contributed by atoms with Gasteiger partial charge in [0.25, 0.3) is 0 Å². The molecular weight excluding hydrogens is 183 g/mol. The monoisotopic (exact) mass is 194 g/mol. The minimum Gasteiger partial charge on any atom is -0.512 e. The van der Waals surface area contributed by atoms with Gasteiger partial charge in [-0.2, -0.15) is 0 Å². The first-order chi connectivity index (χ1) is 6.72. The third kappa shape index (κ3) is 3.51. The second kappa shape index (κ2) is 5.31. The molecule has 0 aliphatic carbocycles. The molecule has 0 aliphatic rings. The van der Waals surface area contributed by atoms with Crippen LogP contribution in [0.25, 0.3) is 0 Å². The van der Waals surface area contributed by atoms with Crippen LogP contribution in [0.5, 0.6) is 11.5 Å². The molecule has 0 bridgehead atoms. The number of hydrogen-bond donors (Lipinski definition) is 2. The van der Waals surface area contributed by atoms with Gasteiger partial charge in [0, 0.05) is 6.07 Å². The molecule has 4 nitrogen and oxygen atoms in total. The Morgan fingerprint density at radius 1 is 1.36 bits per heavy atom. The molecule has 14 heavy (non-hydrogen) atoms. The number of ether oxygens (including phenoxy) is 1. The highest BCUT2D eigenvalue weighted by molar-refractivity contribution is 6.33. The van der Waals surface area contributed by atoms with Gasteiger partial charge < -0.3 is 19.4 Å². The van der Waals surface area contributed by atoms with Crippen LogP contribution in [-0.2, 0) is 0 Å². The van der Waals surface area contributed by atoms with E-state index in [1.807, 2.05) is 0 Å². The topological polar surface area (TPSA) is 58.9 Å². The Balaban J connectivity index is 2.63. The third-order valence-electron chi connectivity index (χ3n) is 1.41. The predicted molar refractivity (Wildman–Crippen MR) is 53.0 cm³/mol. The van der Waals surface area contributed by atoms with E-state index in [2.05, 4.69) is 11.2 Å². The van der Waals surface area contributed by atoms with Gasteiger partial charge in [-0.15, -0.1) is 0 Å². The number of rotatable bonds is 5. The van der Waals surface area contributed by atoms with Crippen molar-refractivity contribution in [1.82, 2.24) is 0 Å². The van der Waals surface area contributed by atoms with Crippen molar-refractivity contribution in [3.05, 3.63) is 36.9 Å². The minimum absolute atomic E-state index is 0.335. The summed E-state index contributed by atoms with van der Waals surface area (Å²) in [5.41, 5.74) is 0. The zero-order chi connectivity index (χ0) is 10.4. The average Bonchev–Trinajstić information content (AvgIpc) is 2.14. The van der Waals surface area contributed by atoms with Crippen molar-refractivity contribution in [3.8, 4) is 11.5 Å². The maximum Gasteiger partial charge on any atom is 0.707 e. The van der Waals surface area contributed by atoms with Gasteiger partial charge >= 0.3 is 7.32 Å². The molecule has 0 saturated heterocycles. The highest BCUT2D eigenvalue weighted by atomic mass is 16.6. The lowest BCUT2D eigenvalue weighted by molar-refractivity contribution is 0.287. The van der Waals surface area contributed by atoms with Gasteiger partial charge in [-0.3, -0.25) is 0 Å². The molecule has 0 atom stereocenters. The fourth-order valence-electron chi connectivity index (χ4n) is 0.914. The largest absolute Gasteiger partial charge is 0.707 e.